The molecule has 0 aliphatic heterocycles. The minimum atomic E-state index is -1.87. The molecule has 0 spiro atoms. The van der Waals surface area contributed by atoms with Crippen molar-refractivity contribution < 1.29 is 4.57 Å². The standard InChI is InChI=1S/C11H23OP/c1-4-7-10-13(12,9-6-3)11-8-5-2/h6H,3-5,7-11H2,1-2H3. The van der Waals surface area contributed by atoms with Gasteiger partial charge >= 0.3 is 0 Å². The summed E-state index contributed by atoms with van der Waals surface area (Å²) in [6.07, 6.45) is 8.92. The molecule has 0 atom stereocenters. The van der Waals surface area contributed by atoms with Crippen molar-refractivity contribution in [1.29, 1.82) is 0 Å². The number of hydrogen-bond donors (Lipinski definition) is 0. The minimum absolute atomic E-state index is 0.743. The Bertz CT molecular complexity index is 163. The Kier molecular flexibility index (Phi) is 7.36. The highest BCUT2D eigenvalue weighted by atomic mass is 31.2. The fraction of sp³-hybridized carbons (Fsp3) is 0.818. The summed E-state index contributed by atoms with van der Waals surface area (Å²) < 4.78 is 12.3. The van der Waals surface area contributed by atoms with E-state index in [0.717, 1.165) is 44.2 Å². The van der Waals surface area contributed by atoms with Gasteiger partial charge in [0.1, 0.15) is 0 Å². The first-order chi connectivity index (χ1) is 6.18. The van der Waals surface area contributed by atoms with Crippen LogP contribution in [0.25, 0.3) is 0 Å². The van der Waals surface area contributed by atoms with Gasteiger partial charge in [0.2, 0.25) is 0 Å². The molecule has 0 unspecified atom stereocenters. The Morgan fingerprint density at radius 1 is 1.15 bits per heavy atom. The molecule has 0 aromatic heterocycles. The molecule has 0 aromatic rings. The summed E-state index contributed by atoms with van der Waals surface area (Å²) in [4.78, 5) is 0. The normalized spacial score (nSPS) is 11.5. The number of hydrogen-bond acceptors (Lipinski definition) is 1. The lowest BCUT2D eigenvalue weighted by Crippen LogP contribution is -1.98. The average molecular weight is 202 g/mol. The summed E-state index contributed by atoms with van der Waals surface area (Å²) >= 11 is 0. The third-order valence-corrected chi connectivity index (χ3v) is 5.49. The Hall–Kier alpha value is -0.0300. The maximum atomic E-state index is 12.3. The average Bonchev–Trinajstić information content (AvgIpc) is 2.12. The van der Waals surface area contributed by atoms with Crippen molar-refractivity contribution in [2.24, 2.45) is 0 Å². The van der Waals surface area contributed by atoms with Gasteiger partial charge in [0.25, 0.3) is 0 Å². The Morgan fingerprint density at radius 2 is 1.62 bits per heavy atom. The molecular weight excluding hydrogens is 179 g/mol. The van der Waals surface area contributed by atoms with Gasteiger partial charge in [-0.15, -0.1) is 6.58 Å². The van der Waals surface area contributed by atoms with Crippen LogP contribution in [-0.4, -0.2) is 18.5 Å². The van der Waals surface area contributed by atoms with Crippen molar-refractivity contribution in [1.82, 2.24) is 0 Å². The first-order valence-corrected chi connectivity index (χ1v) is 7.62. The van der Waals surface area contributed by atoms with Crippen molar-refractivity contribution in [3.63, 3.8) is 0 Å². The topological polar surface area (TPSA) is 17.1 Å². The molecule has 0 fully saturated rings. The van der Waals surface area contributed by atoms with Gasteiger partial charge in [-0.3, -0.25) is 0 Å². The van der Waals surface area contributed by atoms with E-state index in [9.17, 15) is 4.57 Å². The van der Waals surface area contributed by atoms with Gasteiger partial charge in [0.05, 0.1) is 7.14 Å². The van der Waals surface area contributed by atoms with Crippen LogP contribution in [0.15, 0.2) is 12.7 Å². The van der Waals surface area contributed by atoms with Crippen LogP contribution in [0.3, 0.4) is 0 Å². The molecule has 0 heterocycles. The fourth-order valence-corrected chi connectivity index (χ4v) is 4.27. The number of rotatable bonds is 8. The molecule has 13 heavy (non-hydrogen) atoms. The highest BCUT2D eigenvalue weighted by Gasteiger charge is 2.18. The number of allylic oxidation sites excluding steroid dienone is 1. The van der Waals surface area contributed by atoms with Crippen molar-refractivity contribution in [2.45, 2.75) is 39.5 Å². The fourth-order valence-electron chi connectivity index (χ4n) is 1.42. The molecule has 0 aliphatic rings. The predicted octanol–water partition coefficient (Wildman–Crippen LogP) is 4.14. The Morgan fingerprint density at radius 3 is 1.92 bits per heavy atom. The summed E-state index contributed by atoms with van der Waals surface area (Å²) in [6, 6.07) is 0. The smallest absolute Gasteiger partial charge is 0.0913 e. The molecule has 0 bridgehead atoms. The summed E-state index contributed by atoms with van der Waals surface area (Å²) in [7, 11) is -1.87. The molecule has 1 nitrogen and oxygen atoms in total. The first kappa shape index (κ1) is 13.0. The second kappa shape index (κ2) is 7.38. The molecule has 0 saturated heterocycles. The van der Waals surface area contributed by atoms with Gasteiger partial charge < -0.3 is 4.57 Å². The zero-order valence-corrected chi connectivity index (χ0v) is 9.98. The van der Waals surface area contributed by atoms with Crippen molar-refractivity contribution in [2.75, 3.05) is 18.5 Å². The van der Waals surface area contributed by atoms with Crippen LogP contribution < -0.4 is 0 Å². The van der Waals surface area contributed by atoms with Crippen LogP contribution in [0.4, 0.5) is 0 Å². The van der Waals surface area contributed by atoms with Gasteiger partial charge in [-0.2, -0.15) is 0 Å². The maximum Gasteiger partial charge on any atom is 0.0913 e. The zero-order chi connectivity index (χ0) is 10.2. The van der Waals surface area contributed by atoms with Crippen LogP contribution in [0.2, 0.25) is 0 Å². The van der Waals surface area contributed by atoms with Crippen molar-refractivity contribution in [3.05, 3.63) is 12.7 Å². The van der Waals surface area contributed by atoms with Crippen LogP contribution in [0, 0.1) is 0 Å². The minimum Gasteiger partial charge on any atom is -0.323 e. The third-order valence-electron chi connectivity index (χ3n) is 2.30. The molecule has 2 heteroatoms. The molecule has 0 radical (unpaired) electrons. The predicted molar refractivity (Wildman–Crippen MR) is 62.2 cm³/mol. The lowest BCUT2D eigenvalue weighted by Gasteiger charge is -2.15. The SMILES string of the molecule is C=CCP(=O)(CCCC)CCCC. The third kappa shape index (κ3) is 6.10. The summed E-state index contributed by atoms with van der Waals surface area (Å²) in [5.41, 5.74) is 0. The summed E-state index contributed by atoms with van der Waals surface area (Å²) in [6.45, 7) is 7.99. The van der Waals surface area contributed by atoms with Crippen LogP contribution in [0.1, 0.15) is 39.5 Å². The van der Waals surface area contributed by atoms with Gasteiger partial charge in [-0.05, 0) is 12.8 Å². The van der Waals surface area contributed by atoms with E-state index in [4.69, 9.17) is 0 Å². The van der Waals surface area contributed by atoms with E-state index in [1.54, 1.807) is 0 Å². The Labute approximate surface area is 83.0 Å². The molecule has 0 saturated carbocycles. The van der Waals surface area contributed by atoms with Crippen LogP contribution in [-0.2, 0) is 4.57 Å². The van der Waals surface area contributed by atoms with E-state index in [0.29, 0.717) is 0 Å². The van der Waals surface area contributed by atoms with E-state index >= 15 is 0 Å². The molecule has 0 aromatic carbocycles. The summed E-state index contributed by atoms with van der Waals surface area (Å²) in [5, 5.41) is 0. The van der Waals surface area contributed by atoms with Gasteiger partial charge in [-0.25, -0.2) is 0 Å². The zero-order valence-electron chi connectivity index (χ0n) is 9.09. The van der Waals surface area contributed by atoms with E-state index < -0.39 is 7.14 Å². The van der Waals surface area contributed by atoms with E-state index in [1.165, 1.54) is 0 Å². The quantitative estimate of drug-likeness (QED) is 0.427. The van der Waals surface area contributed by atoms with Crippen molar-refractivity contribution >= 4 is 7.14 Å². The van der Waals surface area contributed by atoms with Crippen molar-refractivity contribution in [3.8, 4) is 0 Å². The molecule has 78 valence electrons. The second-order valence-electron chi connectivity index (χ2n) is 3.68. The number of unbranched alkanes of at least 4 members (excludes halogenated alkanes) is 2. The monoisotopic (exact) mass is 202 g/mol. The maximum absolute atomic E-state index is 12.3. The molecule has 0 N–H and O–H groups in total. The van der Waals surface area contributed by atoms with Gasteiger partial charge in [0.15, 0.2) is 0 Å². The van der Waals surface area contributed by atoms with E-state index in [2.05, 4.69) is 20.4 Å². The highest BCUT2D eigenvalue weighted by molar-refractivity contribution is 7.64. The molecule has 0 rings (SSSR count). The second-order valence-corrected chi connectivity index (χ2v) is 7.06. The first-order valence-electron chi connectivity index (χ1n) is 5.36. The highest BCUT2D eigenvalue weighted by Crippen LogP contribution is 2.47. The van der Waals surface area contributed by atoms with Gasteiger partial charge in [0, 0.05) is 18.5 Å². The Balaban J connectivity index is 3.99. The van der Waals surface area contributed by atoms with E-state index in [1.807, 2.05) is 6.08 Å². The molecular formula is C11H23OP. The summed E-state index contributed by atoms with van der Waals surface area (Å²) in [5.74, 6) is 0. The largest absolute Gasteiger partial charge is 0.323 e. The van der Waals surface area contributed by atoms with Gasteiger partial charge in [-0.1, -0.05) is 32.8 Å². The van der Waals surface area contributed by atoms with E-state index in [-0.39, 0.29) is 0 Å². The van der Waals surface area contributed by atoms with Crippen LogP contribution in [0.5, 0.6) is 0 Å². The lowest BCUT2D eigenvalue weighted by molar-refractivity contribution is 0.572. The molecule has 0 aliphatic carbocycles. The lowest BCUT2D eigenvalue weighted by atomic mass is 10.4. The van der Waals surface area contributed by atoms with Crippen LogP contribution >= 0.6 is 7.14 Å². The molecule has 0 amide bonds.